The number of piperazine rings is 1. The van der Waals surface area contributed by atoms with Gasteiger partial charge < -0.3 is 14.4 Å². The number of aromatic carboxylic acids is 1. The molecule has 2 heterocycles. The van der Waals surface area contributed by atoms with Gasteiger partial charge in [0.2, 0.25) is 15.9 Å². The maximum absolute atomic E-state index is 13.0. The Labute approximate surface area is 159 Å². The molecule has 2 unspecified atom stereocenters. The lowest BCUT2D eigenvalue weighted by molar-refractivity contribution is -0.134. The number of hydrogen-bond donors (Lipinski definition) is 1. The number of sulfonamides is 1. The average Bonchev–Trinajstić information content (AvgIpc) is 3.19. The average molecular weight is 398 g/mol. The van der Waals surface area contributed by atoms with Crippen LogP contribution < -0.4 is 0 Å². The first-order chi connectivity index (χ1) is 12.5. The lowest BCUT2D eigenvalue weighted by Crippen LogP contribution is -2.51. The summed E-state index contributed by atoms with van der Waals surface area (Å²) in [7, 11) is -4.01. The quantitative estimate of drug-likeness (QED) is 0.811. The Morgan fingerprint density at radius 1 is 1.19 bits per heavy atom. The summed E-state index contributed by atoms with van der Waals surface area (Å²) in [5, 5.41) is 9.38. The Balaban J connectivity index is 1.75. The van der Waals surface area contributed by atoms with Crippen molar-refractivity contribution in [2.45, 2.75) is 45.4 Å². The van der Waals surface area contributed by atoms with E-state index in [0.29, 0.717) is 13.1 Å². The van der Waals surface area contributed by atoms with E-state index in [2.05, 4.69) is 13.8 Å². The minimum atomic E-state index is -4.01. The van der Waals surface area contributed by atoms with Gasteiger partial charge in [0.1, 0.15) is 22.0 Å². The van der Waals surface area contributed by atoms with Crippen LogP contribution in [0.5, 0.6) is 0 Å². The molecular weight excluding hydrogens is 372 g/mol. The van der Waals surface area contributed by atoms with Gasteiger partial charge in [-0.3, -0.25) is 4.79 Å². The molecule has 150 valence electrons. The third kappa shape index (κ3) is 3.27. The van der Waals surface area contributed by atoms with Gasteiger partial charge in [0, 0.05) is 32.1 Å². The second kappa shape index (κ2) is 6.63. The third-order valence-corrected chi connectivity index (χ3v) is 8.08. The molecule has 1 aliphatic carbocycles. The van der Waals surface area contributed by atoms with E-state index in [1.165, 1.54) is 18.2 Å². The molecule has 27 heavy (non-hydrogen) atoms. The highest BCUT2D eigenvalue weighted by Gasteiger charge is 2.54. The van der Waals surface area contributed by atoms with Crippen molar-refractivity contribution in [3.05, 3.63) is 17.1 Å². The lowest BCUT2D eigenvalue weighted by Gasteiger charge is -2.34. The van der Waals surface area contributed by atoms with Crippen LogP contribution in [-0.2, 0) is 14.8 Å². The number of carbonyl (C=O) groups excluding carboxylic acids is 1. The fraction of sp³-hybridized carbons (Fsp3) is 0.667. The second-order valence-electron chi connectivity index (χ2n) is 7.72. The highest BCUT2D eigenvalue weighted by atomic mass is 32.2. The van der Waals surface area contributed by atoms with E-state index in [1.54, 1.807) is 4.90 Å². The van der Waals surface area contributed by atoms with Crippen molar-refractivity contribution in [3.8, 4) is 0 Å². The van der Waals surface area contributed by atoms with Crippen molar-refractivity contribution < 1.29 is 27.5 Å². The van der Waals surface area contributed by atoms with Crippen molar-refractivity contribution in [2.24, 2.45) is 11.3 Å². The Kier molecular flexibility index (Phi) is 4.88. The summed E-state index contributed by atoms with van der Waals surface area (Å²) in [6, 6.07) is 0. The highest BCUT2D eigenvalue weighted by Crippen LogP contribution is 2.55. The van der Waals surface area contributed by atoms with Crippen molar-refractivity contribution in [2.75, 3.05) is 26.2 Å². The molecule has 1 saturated heterocycles. The molecule has 0 aromatic carbocycles. The lowest BCUT2D eigenvalue weighted by atomic mass is 10.0. The summed E-state index contributed by atoms with van der Waals surface area (Å²) in [6.45, 7) is 7.98. The standard InChI is InChI=1S/C18H26N2O6S/c1-5-18(4)10-13(18)16(21)19-6-8-20(9-7-19)27(24,25)15-12(3)26-11(2)14(15)17(22)23/h13H,5-10H2,1-4H3,(H,22,23). The van der Waals surface area contributed by atoms with Gasteiger partial charge in [0.05, 0.1) is 0 Å². The molecule has 2 fully saturated rings. The first kappa shape index (κ1) is 19.9. The van der Waals surface area contributed by atoms with Crippen molar-refractivity contribution in [1.29, 1.82) is 0 Å². The molecule has 1 aliphatic heterocycles. The molecule has 1 amide bonds. The summed E-state index contributed by atoms with van der Waals surface area (Å²) < 4.78 is 32.5. The van der Waals surface area contributed by atoms with Gasteiger partial charge in [-0.25, -0.2) is 13.2 Å². The van der Waals surface area contributed by atoms with Gasteiger partial charge in [0.15, 0.2) is 0 Å². The van der Waals surface area contributed by atoms with Crippen LogP contribution in [0.2, 0.25) is 0 Å². The zero-order valence-corrected chi connectivity index (χ0v) is 16.9. The van der Waals surface area contributed by atoms with E-state index >= 15 is 0 Å². The van der Waals surface area contributed by atoms with Gasteiger partial charge in [-0.15, -0.1) is 0 Å². The summed E-state index contributed by atoms with van der Waals surface area (Å²) in [4.78, 5) is 25.6. The van der Waals surface area contributed by atoms with Crippen molar-refractivity contribution in [1.82, 2.24) is 9.21 Å². The van der Waals surface area contributed by atoms with Crippen LogP contribution in [0.3, 0.4) is 0 Å². The number of hydrogen-bond acceptors (Lipinski definition) is 5. The molecule has 0 spiro atoms. The molecule has 8 nitrogen and oxygen atoms in total. The molecule has 1 aromatic rings. The topological polar surface area (TPSA) is 108 Å². The van der Waals surface area contributed by atoms with Crippen molar-refractivity contribution >= 4 is 21.9 Å². The van der Waals surface area contributed by atoms with E-state index in [0.717, 1.165) is 12.8 Å². The number of carboxylic acids is 1. The SMILES string of the molecule is CCC1(C)CC1C(=O)N1CCN(S(=O)(=O)c2c(C)oc(C)c2C(=O)O)CC1. The molecule has 1 aromatic heterocycles. The predicted molar refractivity (Wildman–Crippen MR) is 97.0 cm³/mol. The number of nitrogens with zero attached hydrogens (tertiary/aromatic N) is 2. The molecule has 3 rings (SSSR count). The number of carbonyl (C=O) groups is 2. The van der Waals surface area contributed by atoms with E-state index in [1.807, 2.05) is 0 Å². The minimum absolute atomic E-state index is 0.0306. The van der Waals surface area contributed by atoms with Crippen LogP contribution in [-0.4, -0.2) is 60.8 Å². The summed E-state index contributed by atoms with van der Waals surface area (Å²) >= 11 is 0. The molecular formula is C18H26N2O6S. The monoisotopic (exact) mass is 398 g/mol. The van der Waals surface area contributed by atoms with Crippen LogP contribution in [0.25, 0.3) is 0 Å². The normalized spacial score (nSPS) is 26.2. The van der Waals surface area contributed by atoms with E-state index in [9.17, 15) is 23.1 Å². The molecule has 1 N–H and O–H groups in total. The Morgan fingerprint density at radius 2 is 1.78 bits per heavy atom. The molecule has 2 aliphatic rings. The second-order valence-corrected chi connectivity index (χ2v) is 9.59. The minimum Gasteiger partial charge on any atom is -0.478 e. The molecule has 0 bridgehead atoms. The third-order valence-electron chi connectivity index (χ3n) is 6.02. The Morgan fingerprint density at radius 3 is 2.26 bits per heavy atom. The number of carboxylic acid groups (broad SMARTS) is 1. The largest absolute Gasteiger partial charge is 0.478 e. The molecule has 9 heteroatoms. The summed E-state index contributed by atoms with van der Waals surface area (Å²) in [5.74, 6) is -1.06. The summed E-state index contributed by atoms with van der Waals surface area (Å²) in [6.07, 6.45) is 1.84. The van der Waals surface area contributed by atoms with Gasteiger partial charge in [0.25, 0.3) is 0 Å². The zero-order chi connectivity index (χ0) is 20.1. The van der Waals surface area contributed by atoms with E-state index < -0.39 is 16.0 Å². The van der Waals surface area contributed by atoms with Crippen LogP contribution in [0, 0.1) is 25.2 Å². The van der Waals surface area contributed by atoms with Crippen molar-refractivity contribution in [3.63, 3.8) is 0 Å². The van der Waals surface area contributed by atoms with Gasteiger partial charge in [-0.05, 0) is 32.1 Å². The Hall–Kier alpha value is -1.87. The van der Waals surface area contributed by atoms with Crippen LogP contribution >= 0.6 is 0 Å². The number of rotatable bonds is 5. The number of furan rings is 1. The first-order valence-electron chi connectivity index (χ1n) is 9.15. The molecule has 0 radical (unpaired) electrons. The molecule has 2 atom stereocenters. The fourth-order valence-corrected chi connectivity index (χ4v) is 5.70. The van der Waals surface area contributed by atoms with E-state index in [-0.39, 0.29) is 52.3 Å². The molecule has 1 saturated carbocycles. The first-order valence-corrected chi connectivity index (χ1v) is 10.6. The van der Waals surface area contributed by atoms with Gasteiger partial charge in [-0.2, -0.15) is 4.31 Å². The van der Waals surface area contributed by atoms with Crippen LogP contribution in [0.1, 0.15) is 48.6 Å². The maximum Gasteiger partial charge on any atom is 0.340 e. The predicted octanol–water partition coefficient (Wildman–Crippen LogP) is 1.86. The Bertz CT molecular complexity index is 882. The fourth-order valence-electron chi connectivity index (χ4n) is 3.90. The van der Waals surface area contributed by atoms with E-state index in [4.69, 9.17) is 4.42 Å². The number of aryl methyl sites for hydroxylation is 2. The van der Waals surface area contributed by atoms with Crippen LogP contribution in [0.4, 0.5) is 0 Å². The number of amides is 1. The van der Waals surface area contributed by atoms with Gasteiger partial charge in [-0.1, -0.05) is 13.8 Å². The van der Waals surface area contributed by atoms with Crippen LogP contribution in [0.15, 0.2) is 9.31 Å². The zero-order valence-electron chi connectivity index (χ0n) is 16.1. The maximum atomic E-state index is 13.0. The smallest absolute Gasteiger partial charge is 0.340 e. The summed E-state index contributed by atoms with van der Waals surface area (Å²) in [5.41, 5.74) is -0.245. The van der Waals surface area contributed by atoms with Gasteiger partial charge >= 0.3 is 5.97 Å². The highest BCUT2D eigenvalue weighted by molar-refractivity contribution is 7.89.